The third-order valence-electron chi connectivity index (χ3n) is 21.7. The van der Waals surface area contributed by atoms with Crippen LogP contribution in [0.5, 0.6) is 0 Å². The second kappa shape index (κ2) is 41.1. The molecule has 16 aromatic carbocycles. The van der Waals surface area contributed by atoms with Gasteiger partial charge in [0.1, 0.15) is 11.6 Å². The highest BCUT2D eigenvalue weighted by Crippen LogP contribution is 2.37. The van der Waals surface area contributed by atoms with Crippen molar-refractivity contribution in [1.29, 1.82) is 0 Å². The predicted octanol–water partition coefficient (Wildman–Crippen LogP) is 33.0. The average Bonchev–Trinajstić information content (AvgIpc) is 0.808. The largest absolute Gasteiger partial charge is 0.206 e. The molecule has 0 bridgehead atoms. The van der Waals surface area contributed by atoms with Crippen molar-refractivity contribution in [3.05, 3.63) is 432 Å². The summed E-state index contributed by atoms with van der Waals surface area (Å²) in [6.07, 6.45) is 11.5. The summed E-state index contributed by atoms with van der Waals surface area (Å²) in [7, 11) is 0. The third kappa shape index (κ3) is 22.0. The minimum absolute atomic E-state index is 0.00666. The first-order valence-electron chi connectivity index (χ1n) is 41.0. The van der Waals surface area contributed by atoms with Crippen LogP contribution in [0.25, 0.3) is 134 Å². The first kappa shape index (κ1) is 86.5. The van der Waals surface area contributed by atoms with Gasteiger partial charge in [-0.05, 0) is 244 Å². The molecule has 0 saturated heterocycles. The molecule has 0 heterocycles. The molecule has 0 aromatic heterocycles. The highest BCUT2D eigenvalue weighted by molar-refractivity contribution is 5.79. The molecule has 0 saturated carbocycles. The molecule has 0 aliphatic heterocycles. The first-order chi connectivity index (χ1) is 59.2. The number of rotatable bonds is 22. The Labute approximate surface area is 705 Å². The van der Waals surface area contributed by atoms with E-state index in [4.69, 9.17) is 0 Å². The van der Waals surface area contributed by atoms with Crippen molar-refractivity contribution in [2.24, 2.45) is 0 Å². The number of hydrogen-bond acceptors (Lipinski definition) is 0. The van der Waals surface area contributed by atoms with Gasteiger partial charge < -0.3 is 0 Å². The monoisotopic (exact) mass is 1640 g/mol. The van der Waals surface area contributed by atoms with Crippen molar-refractivity contribution in [1.82, 2.24) is 0 Å². The van der Waals surface area contributed by atoms with Gasteiger partial charge in [0.05, 0.1) is 0 Å². The van der Waals surface area contributed by atoms with Crippen molar-refractivity contribution < 1.29 is 52.7 Å². The lowest BCUT2D eigenvalue weighted by molar-refractivity contribution is 0.447. The van der Waals surface area contributed by atoms with Crippen LogP contribution >= 0.6 is 0 Å². The lowest BCUT2D eigenvalue weighted by atomic mass is 9.97. The number of aryl methyl sites for hydroxylation is 4. The van der Waals surface area contributed by atoms with E-state index in [1.165, 1.54) is 101 Å². The standard InChI is InChI=1S/C29H24F4.C28H23F3.C27H21F3.C26H20F2/c1-2-3-4-5-19-6-8-20(9-7-19)21-10-12-22(13-11-21)23-14-15-25(26(30)16-23)24-17-27(31)29(33)28(32)18-24;1-2-3-4-19-5-7-20(8-6-19)21-9-11-22(12-10-21)23-13-15-25(27(30)17-23)24-14-16-26(29)28(31)18-24;1-2-3-18-4-6-19(7-5-18)20-8-10-21(11-9-20)22-12-14-23(15-13-22)24-16-25(28)27(30)26(29)17-24;1-2-18-3-5-19(6-4-18)20-7-9-21(10-8-20)22-11-13-23(14-12-22)24-15-16-25(27)26(28)17-24/h6-18H,2-5H2,1H3;5-18H,2-4H2,1H3;4-17H,2-3H2,1H3;3-17H,2H2,1H3. The maximum absolute atomic E-state index is 14.7. The molecular weight excluding hydrogens is 1550 g/mol. The van der Waals surface area contributed by atoms with E-state index >= 15 is 0 Å². The Balaban J connectivity index is 0.000000140. The fourth-order valence-corrected chi connectivity index (χ4v) is 14.5. The Morgan fingerprint density at radius 1 is 0.148 bits per heavy atom. The van der Waals surface area contributed by atoms with Crippen LogP contribution in [0, 0.1) is 69.8 Å². The van der Waals surface area contributed by atoms with Crippen molar-refractivity contribution in [2.45, 2.75) is 91.9 Å². The lowest BCUT2D eigenvalue weighted by Gasteiger charge is -2.09. The molecule has 0 spiro atoms. The summed E-state index contributed by atoms with van der Waals surface area (Å²) in [6, 6.07) is 102. The normalized spacial score (nSPS) is 11.0. The molecule has 16 aromatic rings. The van der Waals surface area contributed by atoms with E-state index in [1.807, 2.05) is 84.9 Å². The van der Waals surface area contributed by atoms with Crippen LogP contribution in [-0.2, 0) is 25.7 Å². The molecule has 0 nitrogen and oxygen atoms in total. The number of hydrogen-bond donors (Lipinski definition) is 0. The second-order valence-electron chi connectivity index (χ2n) is 30.1. The summed E-state index contributed by atoms with van der Waals surface area (Å²) in [5.74, 6) is -12.8. The van der Waals surface area contributed by atoms with Crippen LogP contribution in [0.4, 0.5) is 52.7 Å². The van der Waals surface area contributed by atoms with Crippen LogP contribution < -0.4 is 0 Å². The Kier molecular flexibility index (Phi) is 29.1. The zero-order valence-electron chi connectivity index (χ0n) is 67.9. The maximum atomic E-state index is 14.7. The Bertz CT molecular complexity index is 6120. The molecule has 0 radical (unpaired) electrons. The topological polar surface area (TPSA) is 0 Å². The van der Waals surface area contributed by atoms with E-state index in [1.54, 1.807) is 36.4 Å². The van der Waals surface area contributed by atoms with Crippen molar-refractivity contribution in [2.75, 3.05) is 0 Å². The fraction of sp³-hybridized carbons (Fsp3) is 0.127. The molecule has 122 heavy (non-hydrogen) atoms. The van der Waals surface area contributed by atoms with Crippen LogP contribution in [0.3, 0.4) is 0 Å². The van der Waals surface area contributed by atoms with Gasteiger partial charge in [0, 0.05) is 11.1 Å². The van der Waals surface area contributed by atoms with E-state index in [2.05, 4.69) is 173 Å². The van der Waals surface area contributed by atoms with Gasteiger partial charge in [0.25, 0.3) is 0 Å². The van der Waals surface area contributed by atoms with Gasteiger partial charge in [-0.1, -0.05) is 332 Å². The van der Waals surface area contributed by atoms with Gasteiger partial charge in [-0.15, -0.1) is 0 Å². The van der Waals surface area contributed by atoms with E-state index in [-0.39, 0.29) is 16.7 Å². The minimum atomic E-state index is -1.57. The number of unbranched alkanes of at least 4 members (excludes halogenated alkanes) is 3. The lowest BCUT2D eigenvalue weighted by Crippen LogP contribution is -1.94. The molecule has 0 fully saturated rings. The van der Waals surface area contributed by atoms with Gasteiger partial charge in [0.2, 0.25) is 0 Å². The van der Waals surface area contributed by atoms with E-state index in [0.717, 1.165) is 147 Å². The number of benzene rings is 16. The minimum Gasteiger partial charge on any atom is -0.206 e. The van der Waals surface area contributed by atoms with E-state index in [0.29, 0.717) is 27.8 Å². The predicted molar refractivity (Wildman–Crippen MR) is 476 cm³/mol. The summed E-state index contributed by atoms with van der Waals surface area (Å²) in [6.45, 7) is 8.72. The van der Waals surface area contributed by atoms with Gasteiger partial charge in [-0.25, -0.2) is 52.7 Å². The molecule has 12 heteroatoms. The molecule has 612 valence electrons. The Hall–Kier alpha value is -13.3. The van der Waals surface area contributed by atoms with Crippen molar-refractivity contribution in [3.63, 3.8) is 0 Å². The van der Waals surface area contributed by atoms with Crippen molar-refractivity contribution >= 4 is 0 Å². The smallest absolute Gasteiger partial charge is 0.194 e. The van der Waals surface area contributed by atoms with Crippen LogP contribution in [-0.4, -0.2) is 0 Å². The molecule has 0 unspecified atom stereocenters. The molecule has 0 aliphatic carbocycles. The van der Waals surface area contributed by atoms with Gasteiger partial charge in [0.15, 0.2) is 58.2 Å². The van der Waals surface area contributed by atoms with E-state index in [9.17, 15) is 52.7 Å². The van der Waals surface area contributed by atoms with Gasteiger partial charge >= 0.3 is 0 Å². The van der Waals surface area contributed by atoms with Crippen LogP contribution in [0.2, 0.25) is 0 Å². The molecule has 0 aliphatic rings. The maximum Gasteiger partial charge on any atom is 0.194 e. The van der Waals surface area contributed by atoms with E-state index < -0.39 is 69.8 Å². The first-order valence-corrected chi connectivity index (χ1v) is 41.0. The summed E-state index contributed by atoms with van der Waals surface area (Å²) < 4.78 is 163. The van der Waals surface area contributed by atoms with Gasteiger partial charge in [-0.3, -0.25) is 0 Å². The third-order valence-corrected chi connectivity index (χ3v) is 21.7. The van der Waals surface area contributed by atoms with Crippen LogP contribution in [0.1, 0.15) is 88.5 Å². The average molecular weight is 1640 g/mol. The molecule has 16 rings (SSSR count). The van der Waals surface area contributed by atoms with Gasteiger partial charge in [-0.2, -0.15) is 0 Å². The molecule has 0 amide bonds. The fourth-order valence-electron chi connectivity index (χ4n) is 14.5. The quantitative estimate of drug-likeness (QED) is 0.0360. The SMILES string of the molecule is CCCCCc1ccc(-c2ccc(-c3ccc(-c4cc(F)c(F)c(F)c4)c(F)c3)cc2)cc1.CCCCc1ccc(-c2ccc(-c3ccc(-c4ccc(F)c(F)c4)c(F)c3)cc2)cc1.CCCc1ccc(-c2ccc(-c3ccc(-c4cc(F)c(F)c(F)c4)cc3)cc2)cc1.CCc1ccc(-c2ccc(-c3ccc(-c4ccc(F)c(F)c4)cc3)cc2)cc1. The molecule has 0 N–H and O–H groups in total. The summed E-state index contributed by atoms with van der Waals surface area (Å²) in [5.41, 5.74) is 24.8. The highest BCUT2D eigenvalue weighted by Gasteiger charge is 2.18. The Morgan fingerprint density at radius 3 is 0.648 bits per heavy atom. The Morgan fingerprint density at radius 2 is 0.361 bits per heavy atom. The summed E-state index contributed by atoms with van der Waals surface area (Å²) in [4.78, 5) is 0. The summed E-state index contributed by atoms with van der Waals surface area (Å²) >= 11 is 0. The highest BCUT2D eigenvalue weighted by atomic mass is 19.2. The zero-order chi connectivity index (χ0) is 85.8. The molecule has 0 atom stereocenters. The second-order valence-corrected chi connectivity index (χ2v) is 30.1. The summed E-state index contributed by atoms with van der Waals surface area (Å²) in [5, 5.41) is 0. The zero-order valence-corrected chi connectivity index (χ0v) is 67.9. The molecular formula is C110H88F12. The van der Waals surface area contributed by atoms with Crippen molar-refractivity contribution in [3.8, 4) is 134 Å². The number of halogens is 12. The van der Waals surface area contributed by atoms with Crippen LogP contribution in [0.15, 0.2) is 340 Å².